The van der Waals surface area contributed by atoms with Crippen LogP contribution in [0.5, 0.6) is 11.5 Å². The molecule has 14 heavy (non-hydrogen) atoms. The van der Waals surface area contributed by atoms with Crippen LogP contribution in [-0.4, -0.2) is 11.5 Å². The number of phenols is 1. The van der Waals surface area contributed by atoms with Gasteiger partial charge in [-0.3, -0.25) is 0 Å². The molecule has 78 valence electrons. The van der Waals surface area contributed by atoms with Gasteiger partial charge in [-0.05, 0) is 28.1 Å². The van der Waals surface area contributed by atoms with E-state index >= 15 is 0 Å². The second kappa shape index (κ2) is 3.64. The van der Waals surface area contributed by atoms with Gasteiger partial charge >= 0.3 is 6.36 Å². The lowest BCUT2D eigenvalue weighted by atomic mass is 10.3. The van der Waals surface area contributed by atoms with E-state index in [1.165, 1.54) is 0 Å². The van der Waals surface area contributed by atoms with Gasteiger partial charge < -0.3 is 9.84 Å². The van der Waals surface area contributed by atoms with Gasteiger partial charge in [0.1, 0.15) is 5.82 Å². The maximum Gasteiger partial charge on any atom is 0.573 e. The molecule has 0 heterocycles. The van der Waals surface area contributed by atoms with Crippen LogP contribution in [0, 0.1) is 5.82 Å². The lowest BCUT2D eigenvalue weighted by molar-refractivity contribution is -0.275. The fraction of sp³-hybridized carbons (Fsp3) is 0.143. The number of ether oxygens (including phenoxy) is 1. The number of benzene rings is 1. The number of rotatable bonds is 1. The van der Waals surface area contributed by atoms with Crippen LogP contribution in [-0.2, 0) is 0 Å². The van der Waals surface area contributed by atoms with Gasteiger partial charge in [0.15, 0.2) is 11.5 Å². The van der Waals surface area contributed by atoms with E-state index in [4.69, 9.17) is 5.11 Å². The molecule has 0 bridgehead atoms. The van der Waals surface area contributed by atoms with E-state index in [9.17, 15) is 17.6 Å². The maximum absolute atomic E-state index is 12.6. The number of alkyl halides is 3. The summed E-state index contributed by atoms with van der Waals surface area (Å²) in [4.78, 5) is 0. The van der Waals surface area contributed by atoms with E-state index in [0.29, 0.717) is 6.07 Å². The molecule has 0 saturated heterocycles. The van der Waals surface area contributed by atoms with E-state index in [1.807, 2.05) is 0 Å². The van der Waals surface area contributed by atoms with Crippen molar-refractivity contribution in [1.29, 1.82) is 0 Å². The van der Waals surface area contributed by atoms with Crippen molar-refractivity contribution in [2.24, 2.45) is 0 Å². The quantitative estimate of drug-likeness (QED) is 0.797. The fourth-order valence-corrected chi connectivity index (χ4v) is 1.06. The molecule has 0 fully saturated rings. The summed E-state index contributed by atoms with van der Waals surface area (Å²) in [5, 5.41) is 9.03. The fourth-order valence-electron chi connectivity index (χ4n) is 0.729. The topological polar surface area (TPSA) is 29.5 Å². The average Bonchev–Trinajstić information content (AvgIpc) is 2.04. The van der Waals surface area contributed by atoms with Crippen molar-refractivity contribution in [3.05, 3.63) is 22.4 Å². The monoisotopic (exact) mass is 274 g/mol. The summed E-state index contributed by atoms with van der Waals surface area (Å²) in [5.74, 6) is -2.66. The number of phenolic OH excluding ortho intramolecular Hbond substituents is 1. The first-order chi connectivity index (χ1) is 6.31. The molecule has 1 aromatic rings. The van der Waals surface area contributed by atoms with E-state index in [2.05, 4.69) is 20.7 Å². The average molecular weight is 275 g/mol. The van der Waals surface area contributed by atoms with Crippen molar-refractivity contribution in [2.75, 3.05) is 0 Å². The predicted molar refractivity (Wildman–Crippen MR) is 42.4 cm³/mol. The largest absolute Gasteiger partial charge is 0.573 e. The summed E-state index contributed by atoms with van der Waals surface area (Å²) in [6.45, 7) is 0. The molecular weight excluding hydrogens is 272 g/mol. The van der Waals surface area contributed by atoms with Crippen molar-refractivity contribution in [1.82, 2.24) is 0 Å². The Balaban J connectivity index is 3.06. The first-order valence-electron chi connectivity index (χ1n) is 3.24. The summed E-state index contributed by atoms with van der Waals surface area (Å²) in [7, 11) is 0. The third-order valence-electron chi connectivity index (χ3n) is 1.26. The van der Waals surface area contributed by atoms with E-state index in [-0.39, 0.29) is 0 Å². The van der Waals surface area contributed by atoms with Gasteiger partial charge in [-0.15, -0.1) is 13.2 Å². The molecule has 0 amide bonds. The second-order valence-electron chi connectivity index (χ2n) is 2.26. The van der Waals surface area contributed by atoms with Crippen molar-refractivity contribution >= 4 is 15.9 Å². The van der Waals surface area contributed by atoms with Crippen molar-refractivity contribution in [3.63, 3.8) is 0 Å². The van der Waals surface area contributed by atoms with Gasteiger partial charge in [0.2, 0.25) is 0 Å². The Hall–Kier alpha value is -0.980. The van der Waals surface area contributed by atoms with E-state index in [0.717, 1.165) is 6.07 Å². The molecule has 0 atom stereocenters. The molecule has 0 aliphatic carbocycles. The minimum atomic E-state index is -4.92. The Morgan fingerprint density at radius 3 is 2.36 bits per heavy atom. The maximum atomic E-state index is 12.6. The Morgan fingerprint density at radius 2 is 1.86 bits per heavy atom. The highest BCUT2D eigenvalue weighted by atomic mass is 79.9. The molecule has 1 aromatic carbocycles. The molecule has 0 aromatic heterocycles. The number of hydrogen-bond acceptors (Lipinski definition) is 2. The van der Waals surface area contributed by atoms with Crippen LogP contribution in [0.1, 0.15) is 0 Å². The third-order valence-corrected chi connectivity index (χ3v) is 2.01. The van der Waals surface area contributed by atoms with Crippen LogP contribution in [0.2, 0.25) is 0 Å². The van der Waals surface area contributed by atoms with Crippen LogP contribution in [0.3, 0.4) is 0 Å². The Morgan fingerprint density at radius 1 is 1.29 bits per heavy atom. The zero-order chi connectivity index (χ0) is 10.9. The summed E-state index contributed by atoms with van der Waals surface area (Å²) < 4.78 is 50.7. The highest BCUT2D eigenvalue weighted by Gasteiger charge is 2.32. The van der Waals surface area contributed by atoms with Crippen LogP contribution >= 0.6 is 15.9 Å². The first kappa shape index (κ1) is 11.1. The Labute approximate surface area is 84.2 Å². The number of hydrogen-bond donors (Lipinski definition) is 1. The van der Waals surface area contributed by atoms with Crippen LogP contribution in [0.25, 0.3) is 0 Å². The second-order valence-corrected chi connectivity index (χ2v) is 3.05. The molecule has 0 radical (unpaired) electrons. The zero-order valence-corrected chi connectivity index (χ0v) is 7.99. The normalized spacial score (nSPS) is 11.5. The SMILES string of the molecule is Oc1c(OC(F)(F)F)ccc(F)c1Br. The zero-order valence-electron chi connectivity index (χ0n) is 6.40. The molecule has 0 spiro atoms. The van der Waals surface area contributed by atoms with Crippen LogP contribution in [0.4, 0.5) is 17.6 Å². The van der Waals surface area contributed by atoms with Gasteiger partial charge in [-0.25, -0.2) is 4.39 Å². The molecule has 0 unspecified atom stereocenters. The third kappa shape index (κ3) is 2.50. The molecule has 0 saturated carbocycles. The lowest BCUT2D eigenvalue weighted by Gasteiger charge is -2.10. The van der Waals surface area contributed by atoms with Crippen molar-refractivity contribution < 1.29 is 27.4 Å². The van der Waals surface area contributed by atoms with Crippen molar-refractivity contribution in [2.45, 2.75) is 6.36 Å². The highest BCUT2D eigenvalue weighted by Crippen LogP contribution is 2.38. The number of halogens is 5. The van der Waals surface area contributed by atoms with Crippen LogP contribution in [0.15, 0.2) is 16.6 Å². The van der Waals surface area contributed by atoms with Crippen LogP contribution < -0.4 is 4.74 Å². The molecule has 1 N–H and O–H groups in total. The molecule has 0 aliphatic heterocycles. The van der Waals surface area contributed by atoms with Gasteiger partial charge in [0, 0.05) is 0 Å². The summed E-state index contributed by atoms with van der Waals surface area (Å²) >= 11 is 2.57. The molecule has 7 heteroatoms. The van der Waals surface area contributed by atoms with E-state index < -0.39 is 28.2 Å². The Kier molecular flexibility index (Phi) is 2.89. The van der Waals surface area contributed by atoms with Gasteiger partial charge in [-0.2, -0.15) is 0 Å². The predicted octanol–water partition coefficient (Wildman–Crippen LogP) is 3.19. The first-order valence-corrected chi connectivity index (χ1v) is 4.03. The minimum absolute atomic E-state index is 0.473. The van der Waals surface area contributed by atoms with Crippen molar-refractivity contribution in [3.8, 4) is 11.5 Å². The molecule has 0 aliphatic rings. The van der Waals surface area contributed by atoms with E-state index in [1.54, 1.807) is 0 Å². The van der Waals surface area contributed by atoms with Gasteiger partial charge in [-0.1, -0.05) is 0 Å². The number of aromatic hydroxyl groups is 1. The lowest BCUT2D eigenvalue weighted by Crippen LogP contribution is -2.17. The van der Waals surface area contributed by atoms with Gasteiger partial charge in [0.05, 0.1) is 4.47 Å². The molecule has 2 nitrogen and oxygen atoms in total. The summed E-state index contributed by atoms with van der Waals surface area (Å²) in [6.07, 6.45) is -4.92. The summed E-state index contributed by atoms with van der Waals surface area (Å²) in [5.41, 5.74) is 0. The molecular formula is C7H3BrF4O2. The van der Waals surface area contributed by atoms with Gasteiger partial charge in [0.25, 0.3) is 0 Å². The summed E-state index contributed by atoms with van der Waals surface area (Å²) in [6, 6.07) is 1.42. The highest BCUT2D eigenvalue weighted by molar-refractivity contribution is 9.10. The Bertz CT molecular complexity index is 350. The minimum Gasteiger partial charge on any atom is -0.503 e. The molecule has 1 rings (SSSR count). The standard InChI is InChI=1S/C7H3BrF4O2/c8-5-3(9)1-2-4(6(5)13)14-7(10,11)12/h1-2,13H. The smallest absolute Gasteiger partial charge is 0.503 e.